The molecule has 5 nitrogen and oxygen atoms in total. The SMILES string of the molecule is CCN1CCN(C(=O)c2cn(Cc3ccccc3)c3c(OC)cccc23)CC1.Cl. The normalized spacial score (nSPS) is 14.6. The predicted molar refractivity (Wildman–Crippen MR) is 119 cm³/mol. The van der Waals surface area contributed by atoms with E-state index in [1.54, 1.807) is 7.11 Å². The van der Waals surface area contributed by atoms with Crippen molar-refractivity contribution in [3.05, 3.63) is 65.9 Å². The van der Waals surface area contributed by atoms with E-state index in [4.69, 9.17) is 4.74 Å². The zero-order valence-corrected chi connectivity index (χ0v) is 17.8. The van der Waals surface area contributed by atoms with Crippen molar-refractivity contribution < 1.29 is 9.53 Å². The standard InChI is InChI=1S/C23H27N3O2.ClH/c1-3-24-12-14-25(15-13-24)23(27)20-17-26(16-18-8-5-4-6-9-18)22-19(20)10-7-11-21(22)28-2;/h4-11,17H,3,12-16H2,1-2H3;1H. The van der Waals surface area contributed by atoms with Gasteiger partial charge >= 0.3 is 0 Å². The maximum absolute atomic E-state index is 13.3. The highest BCUT2D eigenvalue weighted by atomic mass is 35.5. The number of carbonyl (C=O) groups is 1. The molecule has 6 heteroatoms. The van der Waals surface area contributed by atoms with Crippen LogP contribution in [-0.2, 0) is 6.54 Å². The first-order valence-corrected chi connectivity index (χ1v) is 9.92. The number of nitrogens with zero attached hydrogens (tertiary/aromatic N) is 3. The highest BCUT2D eigenvalue weighted by molar-refractivity contribution is 6.08. The second kappa shape index (κ2) is 9.33. The monoisotopic (exact) mass is 413 g/mol. The predicted octanol–water partition coefficient (Wildman–Crippen LogP) is 3.90. The summed E-state index contributed by atoms with van der Waals surface area (Å²) in [6.45, 7) is 7.34. The van der Waals surface area contributed by atoms with Crippen LogP contribution in [0.3, 0.4) is 0 Å². The number of carbonyl (C=O) groups excluding carboxylic acids is 1. The Balaban J connectivity index is 0.00000240. The van der Waals surface area contributed by atoms with Crippen LogP contribution in [0.4, 0.5) is 0 Å². The summed E-state index contributed by atoms with van der Waals surface area (Å²) >= 11 is 0. The summed E-state index contributed by atoms with van der Waals surface area (Å²) in [4.78, 5) is 17.7. The molecule has 0 aliphatic carbocycles. The van der Waals surface area contributed by atoms with Gasteiger partial charge in [0.15, 0.2) is 0 Å². The van der Waals surface area contributed by atoms with Crippen molar-refractivity contribution in [3.8, 4) is 5.75 Å². The molecule has 1 amide bonds. The minimum Gasteiger partial charge on any atom is -0.495 e. The van der Waals surface area contributed by atoms with Crippen LogP contribution < -0.4 is 4.74 Å². The van der Waals surface area contributed by atoms with Gasteiger partial charge in [0.1, 0.15) is 5.75 Å². The third-order valence-corrected chi connectivity index (χ3v) is 5.61. The van der Waals surface area contributed by atoms with Gasteiger partial charge in [-0.3, -0.25) is 4.79 Å². The van der Waals surface area contributed by atoms with Crippen LogP contribution in [0.1, 0.15) is 22.8 Å². The molecule has 0 saturated carbocycles. The summed E-state index contributed by atoms with van der Waals surface area (Å²) in [6, 6.07) is 16.2. The van der Waals surface area contributed by atoms with E-state index >= 15 is 0 Å². The van der Waals surface area contributed by atoms with Gasteiger partial charge in [0, 0.05) is 44.3 Å². The van der Waals surface area contributed by atoms with Crippen LogP contribution in [0.5, 0.6) is 5.75 Å². The van der Waals surface area contributed by atoms with E-state index < -0.39 is 0 Å². The Morgan fingerprint density at radius 1 is 1.00 bits per heavy atom. The van der Waals surface area contributed by atoms with Crippen LogP contribution in [0, 0.1) is 0 Å². The average molecular weight is 414 g/mol. The highest BCUT2D eigenvalue weighted by Crippen LogP contribution is 2.31. The smallest absolute Gasteiger partial charge is 0.256 e. The van der Waals surface area contributed by atoms with Gasteiger partial charge in [-0.1, -0.05) is 49.4 Å². The molecule has 2 heterocycles. The third kappa shape index (κ3) is 4.26. The molecule has 0 spiro atoms. The van der Waals surface area contributed by atoms with E-state index in [-0.39, 0.29) is 18.3 Å². The first kappa shape index (κ1) is 21.2. The number of benzene rings is 2. The van der Waals surface area contributed by atoms with E-state index in [0.29, 0.717) is 6.54 Å². The van der Waals surface area contributed by atoms with Crippen LogP contribution in [0.2, 0.25) is 0 Å². The van der Waals surface area contributed by atoms with Crippen LogP contribution in [-0.4, -0.2) is 60.1 Å². The summed E-state index contributed by atoms with van der Waals surface area (Å²) in [5.74, 6) is 0.907. The van der Waals surface area contributed by atoms with Crippen molar-refractivity contribution in [3.63, 3.8) is 0 Å². The van der Waals surface area contributed by atoms with E-state index in [0.717, 1.165) is 54.9 Å². The molecule has 29 heavy (non-hydrogen) atoms. The van der Waals surface area contributed by atoms with Gasteiger partial charge in [0.05, 0.1) is 18.2 Å². The number of hydrogen-bond acceptors (Lipinski definition) is 3. The van der Waals surface area contributed by atoms with Crippen molar-refractivity contribution >= 4 is 29.2 Å². The first-order chi connectivity index (χ1) is 13.7. The van der Waals surface area contributed by atoms with Crippen molar-refractivity contribution in [1.82, 2.24) is 14.4 Å². The summed E-state index contributed by atoms with van der Waals surface area (Å²) in [5.41, 5.74) is 2.93. The number of aromatic nitrogens is 1. The maximum atomic E-state index is 13.3. The molecule has 0 bridgehead atoms. The molecule has 0 N–H and O–H groups in total. The fourth-order valence-corrected chi connectivity index (χ4v) is 4.00. The van der Waals surface area contributed by atoms with Gasteiger partial charge in [0.25, 0.3) is 5.91 Å². The lowest BCUT2D eigenvalue weighted by atomic mass is 10.1. The minimum absolute atomic E-state index is 0. The summed E-state index contributed by atoms with van der Waals surface area (Å²) < 4.78 is 7.76. The first-order valence-electron chi connectivity index (χ1n) is 9.92. The molecule has 1 aromatic heterocycles. The zero-order valence-electron chi connectivity index (χ0n) is 17.0. The Kier molecular flexibility index (Phi) is 6.83. The van der Waals surface area contributed by atoms with Crippen molar-refractivity contribution in [1.29, 1.82) is 0 Å². The zero-order chi connectivity index (χ0) is 19.5. The Bertz CT molecular complexity index is 963. The Hall–Kier alpha value is -2.50. The topological polar surface area (TPSA) is 37.7 Å². The van der Waals surface area contributed by atoms with Gasteiger partial charge in [0.2, 0.25) is 0 Å². The molecule has 154 valence electrons. The molecule has 4 rings (SSSR count). The van der Waals surface area contributed by atoms with Gasteiger partial charge in [-0.2, -0.15) is 0 Å². The molecular weight excluding hydrogens is 386 g/mol. The van der Waals surface area contributed by atoms with Gasteiger partial charge in [-0.15, -0.1) is 12.4 Å². The Morgan fingerprint density at radius 3 is 2.38 bits per heavy atom. The van der Waals surface area contributed by atoms with Crippen LogP contribution in [0.15, 0.2) is 54.7 Å². The number of amides is 1. The number of fused-ring (bicyclic) bond motifs is 1. The fraction of sp³-hybridized carbons (Fsp3) is 0.348. The number of piperazine rings is 1. The lowest BCUT2D eigenvalue weighted by Gasteiger charge is -2.34. The van der Waals surface area contributed by atoms with Crippen LogP contribution in [0.25, 0.3) is 10.9 Å². The molecule has 1 fully saturated rings. The van der Waals surface area contributed by atoms with Gasteiger partial charge in [-0.25, -0.2) is 0 Å². The minimum atomic E-state index is 0. The van der Waals surface area contributed by atoms with Crippen molar-refractivity contribution in [2.45, 2.75) is 13.5 Å². The molecule has 2 aromatic carbocycles. The molecule has 0 unspecified atom stereocenters. The summed E-state index contributed by atoms with van der Waals surface area (Å²) in [7, 11) is 1.68. The largest absolute Gasteiger partial charge is 0.495 e. The van der Waals surface area contributed by atoms with Crippen molar-refractivity contribution in [2.24, 2.45) is 0 Å². The number of ether oxygens (including phenoxy) is 1. The Morgan fingerprint density at radius 2 is 1.72 bits per heavy atom. The van der Waals surface area contributed by atoms with Gasteiger partial charge in [-0.05, 0) is 18.2 Å². The van der Waals surface area contributed by atoms with E-state index in [1.165, 1.54) is 5.56 Å². The third-order valence-electron chi connectivity index (χ3n) is 5.61. The summed E-state index contributed by atoms with van der Waals surface area (Å²) in [6.07, 6.45) is 1.99. The average Bonchev–Trinajstić information content (AvgIpc) is 3.12. The molecular formula is C23H28ClN3O2. The van der Waals surface area contributed by atoms with Gasteiger partial charge < -0.3 is 19.1 Å². The van der Waals surface area contributed by atoms with E-state index in [1.807, 2.05) is 47.5 Å². The number of para-hydroxylation sites is 1. The second-order valence-electron chi connectivity index (χ2n) is 7.24. The molecule has 3 aromatic rings. The lowest BCUT2D eigenvalue weighted by molar-refractivity contribution is 0.0645. The number of likely N-dealkylation sites (N-methyl/N-ethyl adjacent to an activating group) is 1. The molecule has 1 aliphatic rings. The fourth-order valence-electron chi connectivity index (χ4n) is 4.00. The van der Waals surface area contributed by atoms with E-state index in [9.17, 15) is 4.79 Å². The highest BCUT2D eigenvalue weighted by Gasteiger charge is 2.25. The van der Waals surface area contributed by atoms with Crippen LogP contribution >= 0.6 is 12.4 Å². The summed E-state index contributed by atoms with van der Waals surface area (Å²) in [5, 5.41) is 0.957. The molecule has 0 radical (unpaired) electrons. The maximum Gasteiger partial charge on any atom is 0.256 e. The Labute approximate surface area is 178 Å². The lowest BCUT2D eigenvalue weighted by Crippen LogP contribution is -2.48. The number of methoxy groups -OCH3 is 1. The quantitative estimate of drug-likeness (QED) is 0.636. The number of halogens is 1. The second-order valence-corrected chi connectivity index (χ2v) is 7.24. The molecule has 0 atom stereocenters. The number of hydrogen-bond donors (Lipinski definition) is 0. The number of rotatable bonds is 5. The van der Waals surface area contributed by atoms with E-state index in [2.05, 4.69) is 28.5 Å². The van der Waals surface area contributed by atoms with Crippen molar-refractivity contribution in [2.75, 3.05) is 39.8 Å². The molecule has 1 saturated heterocycles. The molecule has 1 aliphatic heterocycles.